The quantitative estimate of drug-likeness (QED) is 0.691. The molecule has 26 heavy (non-hydrogen) atoms. The first-order chi connectivity index (χ1) is 12.8. The van der Waals surface area contributed by atoms with Gasteiger partial charge in [-0.1, -0.05) is 60.7 Å². The van der Waals surface area contributed by atoms with E-state index in [1.165, 1.54) is 22.7 Å². The number of amides is 1. The van der Waals surface area contributed by atoms with Crippen LogP contribution in [0.3, 0.4) is 0 Å². The molecular formula is C22H21N3O. The first kappa shape index (κ1) is 17.5. The van der Waals surface area contributed by atoms with E-state index in [2.05, 4.69) is 64.9 Å². The average Bonchev–Trinajstić information content (AvgIpc) is 3.08. The minimum Gasteiger partial charge on any atom is -0.385 e. The average molecular weight is 343 g/mol. The van der Waals surface area contributed by atoms with E-state index in [1.54, 1.807) is 0 Å². The van der Waals surface area contributed by atoms with Crippen molar-refractivity contribution in [2.45, 2.75) is 13.3 Å². The van der Waals surface area contributed by atoms with Gasteiger partial charge in [0.25, 0.3) is 5.91 Å². The molecule has 0 atom stereocenters. The van der Waals surface area contributed by atoms with Crippen LogP contribution >= 0.6 is 0 Å². The van der Waals surface area contributed by atoms with Crippen LogP contribution in [0.5, 0.6) is 0 Å². The van der Waals surface area contributed by atoms with Gasteiger partial charge >= 0.3 is 0 Å². The zero-order valence-electron chi connectivity index (χ0n) is 14.7. The maximum absolute atomic E-state index is 11.0. The van der Waals surface area contributed by atoms with Crippen LogP contribution in [0, 0.1) is 0 Å². The molecule has 0 unspecified atom stereocenters. The molecule has 0 bridgehead atoms. The SMILES string of the molecule is CCNc1ccc2ccccc2c1.O=C1N=NC=C1Cc1ccccc1. The lowest BCUT2D eigenvalue weighted by Gasteiger charge is -2.04. The van der Waals surface area contributed by atoms with Crippen molar-refractivity contribution in [3.63, 3.8) is 0 Å². The van der Waals surface area contributed by atoms with Crippen molar-refractivity contribution >= 4 is 22.4 Å². The third kappa shape index (κ3) is 4.63. The zero-order chi connectivity index (χ0) is 18.2. The minimum atomic E-state index is -0.219. The second-order valence-corrected chi connectivity index (χ2v) is 5.93. The summed E-state index contributed by atoms with van der Waals surface area (Å²) in [7, 11) is 0. The van der Waals surface area contributed by atoms with Crippen LogP contribution in [0.2, 0.25) is 0 Å². The number of hydrogen-bond acceptors (Lipinski definition) is 3. The van der Waals surface area contributed by atoms with E-state index >= 15 is 0 Å². The van der Waals surface area contributed by atoms with Crippen molar-refractivity contribution in [1.29, 1.82) is 0 Å². The van der Waals surface area contributed by atoms with Gasteiger partial charge in [-0.15, -0.1) is 5.11 Å². The Hall–Kier alpha value is -3.27. The minimum absolute atomic E-state index is 0.219. The summed E-state index contributed by atoms with van der Waals surface area (Å²) in [5.74, 6) is -0.219. The maximum Gasteiger partial charge on any atom is 0.293 e. The first-order valence-electron chi connectivity index (χ1n) is 8.67. The highest BCUT2D eigenvalue weighted by Gasteiger charge is 2.12. The number of benzene rings is 3. The van der Waals surface area contributed by atoms with E-state index in [0.717, 1.165) is 12.1 Å². The Kier molecular flexibility index (Phi) is 5.88. The number of fused-ring (bicyclic) bond motifs is 1. The van der Waals surface area contributed by atoms with Gasteiger partial charge in [0.05, 0.1) is 6.20 Å². The molecule has 0 fully saturated rings. The highest BCUT2D eigenvalue weighted by Crippen LogP contribution is 2.18. The van der Waals surface area contributed by atoms with E-state index in [1.807, 2.05) is 30.3 Å². The second kappa shape index (κ2) is 8.72. The van der Waals surface area contributed by atoms with Crippen molar-refractivity contribution in [3.05, 3.63) is 90.1 Å². The fourth-order valence-electron chi connectivity index (χ4n) is 2.71. The molecule has 130 valence electrons. The molecular weight excluding hydrogens is 322 g/mol. The topological polar surface area (TPSA) is 53.8 Å². The van der Waals surface area contributed by atoms with Gasteiger partial charge in [-0.25, -0.2) is 0 Å². The van der Waals surface area contributed by atoms with Crippen LogP contribution in [0.1, 0.15) is 12.5 Å². The van der Waals surface area contributed by atoms with Crippen LogP contribution in [-0.4, -0.2) is 12.5 Å². The van der Waals surface area contributed by atoms with Crippen LogP contribution < -0.4 is 5.32 Å². The number of nitrogens with zero attached hydrogens (tertiary/aromatic N) is 2. The molecule has 0 saturated carbocycles. The second-order valence-electron chi connectivity index (χ2n) is 5.93. The van der Waals surface area contributed by atoms with Gasteiger partial charge in [-0.05, 0) is 35.4 Å². The summed E-state index contributed by atoms with van der Waals surface area (Å²) in [6.45, 7) is 3.08. The molecule has 1 heterocycles. The number of rotatable bonds is 4. The summed E-state index contributed by atoms with van der Waals surface area (Å²) in [5, 5.41) is 12.9. The molecule has 4 nitrogen and oxygen atoms in total. The van der Waals surface area contributed by atoms with E-state index in [4.69, 9.17) is 0 Å². The normalized spacial score (nSPS) is 12.5. The standard InChI is InChI=1S/C12H13N.C10H8N2O/c1-2-13-12-8-7-10-5-3-4-6-11(10)9-12;13-10-9(7-11-12-10)6-8-4-2-1-3-5-8/h3-9,13H,2H2,1H3;1-5,7H,6H2. The maximum atomic E-state index is 11.0. The lowest BCUT2D eigenvalue weighted by molar-refractivity contribution is -0.114. The number of carbonyl (C=O) groups is 1. The number of anilines is 1. The van der Waals surface area contributed by atoms with Crippen molar-refractivity contribution in [2.75, 3.05) is 11.9 Å². The van der Waals surface area contributed by atoms with Crippen molar-refractivity contribution < 1.29 is 4.79 Å². The first-order valence-corrected chi connectivity index (χ1v) is 8.67. The lowest BCUT2D eigenvalue weighted by atomic mass is 10.1. The Morgan fingerprint density at radius 3 is 2.31 bits per heavy atom. The molecule has 1 aliphatic rings. The Morgan fingerprint density at radius 2 is 1.62 bits per heavy atom. The Labute approximate surface area is 153 Å². The molecule has 1 amide bonds. The van der Waals surface area contributed by atoms with Gasteiger partial charge in [-0.3, -0.25) is 4.79 Å². The summed E-state index contributed by atoms with van der Waals surface area (Å²) in [4.78, 5) is 11.0. The smallest absolute Gasteiger partial charge is 0.293 e. The van der Waals surface area contributed by atoms with Gasteiger partial charge in [0.1, 0.15) is 0 Å². The Bertz CT molecular complexity index is 946. The fourth-order valence-corrected chi connectivity index (χ4v) is 2.71. The lowest BCUT2D eigenvalue weighted by Crippen LogP contribution is -1.97. The monoisotopic (exact) mass is 343 g/mol. The molecule has 3 aromatic rings. The highest BCUT2D eigenvalue weighted by atomic mass is 16.2. The number of nitrogens with one attached hydrogen (secondary N) is 1. The number of carbonyl (C=O) groups excluding carboxylic acids is 1. The molecule has 0 spiro atoms. The predicted molar refractivity (Wildman–Crippen MR) is 106 cm³/mol. The fraction of sp³-hybridized carbons (Fsp3) is 0.136. The molecule has 4 rings (SSSR count). The van der Waals surface area contributed by atoms with Gasteiger partial charge in [0.15, 0.2) is 0 Å². The summed E-state index contributed by atoms with van der Waals surface area (Å²) in [5.41, 5.74) is 2.96. The summed E-state index contributed by atoms with van der Waals surface area (Å²) in [6.07, 6.45) is 2.14. The molecule has 1 N–H and O–H groups in total. The summed E-state index contributed by atoms with van der Waals surface area (Å²) in [6, 6.07) is 24.6. The van der Waals surface area contributed by atoms with E-state index in [0.29, 0.717) is 12.0 Å². The number of hydrogen-bond donors (Lipinski definition) is 1. The van der Waals surface area contributed by atoms with Crippen LogP contribution in [0.4, 0.5) is 5.69 Å². The molecule has 0 radical (unpaired) electrons. The van der Waals surface area contributed by atoms with Gasteiger partial charge in [-0.2, -0.15) is 5.11 Å². The van der Waals surface area contributed by atoms with Crippen molar-refractivity contribution in [2.24, 2.45) is 10.2 Å². The third-order valence-electron chi connectivity index (χ3n) is 4.00. The Morgan fingerprint density at radius 1 is 0.885 bits per heavy atom. The molecule has 0 saturated heterocycles. The van der Waals surface area contributed by atoms with Gasteiger partial charge < -0.3 is 5.32 Å². The zero-order valence-corrected chi connectivity index (χ0v) is 14.7. The molecule has 4 heteroatoms. The van der Waals surface area contributed by atoms with Gasteiger partial charge in [0, 0.05) is 24.2 Å². The van der Waals surface area contributed by atoms with Gasteiger partial charge in [0.2, 0.25) is 0 Å². The van der Waals surface area contributed by atoms with Crippen molar-refractivity contribution in [3.8, 4) is 0 Å². The molecule has 0 aromatic heterocycles. The Balaban J connectivity index is 0.000000151. The molecule has 1 aliphatic heterocycles. The van der Waals surface area contributed by atoms with E-state index in [-0.39, 0.29) is 5.91 Å². The number of azo groups is 1. The molecule has 3 aromatic carbocycles. The van der Waals surface area contributed by atoms with Crippen LogP contribution in [-0.2, 0) is 11.2 Å². The molecule has 0 aliphatic carbocycles. The predicted octanol–water partition coefficient (Wildman–Crippen LogP) is 5.38. The largest absolute Gasteiger partial charge is 0.385 e. The van der Waals surface area contributed by atoms with Crippen LogP contribution in [0.25, 0.3) is 10.8 Å². The van der Waals surface area contributed by atoms with E-state index < -0.39 is 0 Å². The highest BCUT2D eigenvalue weighted by molar-refractivity contribution is 5.95. The third-order valence-corrected chi connectivity index (χ3v) is 4.00. The van der Waals surface area contributed by atoms with Crippen molar-refractivity contribution in [1.82, 2.24) is 0 Å². The van der Waals surface area contributed by atoms with Crippen LogP contribution in [0.15, 0.2) is 94.8 Å². The van der Waals surface area contributed by atoms with E-state index in [9.17, 15) is 4.79 Å². The summed E-state index contributed by atoms with van der Waals surface area (Å²) < 4.78 is 0. The summed E-state index contributed by atoms with van der Waals surface area (Å²) >= 11 is 0.